The van der Waals surface area contributed by atoms with E-state index < -0.39 is 10.0 Å². The average molecular weight is 449 g/mol. The highest BCUT2D eigenvalue weighted by molar-refractivity contribution is 8.00. The molecule has 30 heavy (non-hydrogen) atoms. The van der Waals surface area contributed by atoms with Crippen molar-refractivity contribution in [3.05, 3.63) is 65.2 Å². The van der Waals surface area contributed by atoms with Crippen molar-refractivity contribution < 1.29 is 13.2 Å². The van der Waals surface area contributed by atoms with Gasteiger partial charge in [0.05, 0.1) is 11.5 Å². The summed E-state index contributed by atoms with van der Waals surface area (Å²) < 4.78 is 27.1. The van der Waals surface area contributed by atoms with Gasteiger partial charge in [0.15, 0.2) is 0 Å². The molecule has 0 atom stereocenters. The van der Waals surface area contributed by atoms with Crippen LogP contribution in [0.4, 0.5) is 0 Å². The highest BCUT2D eigenvalue weighted by atomic mass is 32.2. The number of amides is 1. The molecule has 0 saturated heterocycles. The lowest BCUT2D eigenvalue weighted by Crippen LogP contribution is -2.32. The maximum Gasteiger partial charge on any atom is 0.230 e. The lowest BCUT2D eigenvalue weighted by Gasteiger charge is -2.19. The number of rotatable bonds is 9. The minimum atomic E-state index is -3.42. The zero-order valence-corrected chi connectivity index (χ0v) is 20.0. The fraction of sp³-hybridized carbons (Fsp3) is 0.435. The van der Waals surface area contributed by atoms with Crippen LogP contribution in [-0.2, 0) is 32.5 Å². The molecule has 164 valence electrons. The van der Waals surface area contributed by atoms with Crippen LogP contribution >= 0.6 is 11.8 Å². The SMILES string of the molecule is CC(C)NS(=O)(=O)Cc1ccccc1CNC(=O)CSc1ccc(C(C)(C)C)cc1. The number of benzene rings is 2. The molecule has 0 aromatic heterocycles. The third-order valence-electron chi connectivity index (χ3n) is 4.45. The lowest BCUT2D eigenvalue weighted by molar-refractivity contribution is -0.118. The van der Waals surface area contributed by atoms with E-state index in [-0.39, 0.29) is 23.1 Å². The zero-order valence-electron chi connectivity index (χ0n) is 18.4. The number of carbonyl (C=O) groups is 1. The van der Waals surface area contributed by atoms with Crippen molar-refractivity contribution in [2.24, 2.45) is 0 Å². The van der Waals surface area contributed by atoms with Crippen molar-refractivity contribution in [2.75, 3.05) is 5.75 Å². The Morgan fingerprint density at radius 1 is 1.00 bits per heavy atom. The van der Waals surface area contributed by atoms with Gasteiger partial charge in [0.2, 0.25) is 15.9 Å². The number of carbonyl (C=O) groups excluding carboxylic acids is 1. The molecule has 0 saturated carbocycles. The molecule has 2 rings (SSSR count). The molecule has 0 bridgehead atoms. The van der Waals surface area contributed by atoms with Crippen molar-refractivity contribution in [2.45, 2.75) is 63.3 Å². The molecule has 0 radical (unpaired) electrons. The van der Waals surface area contributed by atoms with E-state index in [4.69, 9.17) is 0 Å². The molecule has 0 fully saturated rings. The molecule has 2 aromatic rings. The van der Waals surface area contributed by atoms with E-state index in [0.717, 1.165) is 10.5 Å². The van der Waals surface area contributed by atoms with E-state index in [1.54, 1.807) is 19.9 Å². The molecule has 0 unspecified atom stereocenters. The summed E-state index contributed by atoms with van der Waals surface area (Å²) in [6.07, 6.45) is 0. The molecule has 0 heterocycles. The summed E-state index contributed by atoms with van der Waals surface area (Å²) in [5.41, 5.74) is 2.86. The number of nitrogens with one attached hydrogen (secondary N) is 2. The first-order valence-corrected chi connectivity index (χ1v) is 12.7. The van der Waals surface area contributed by atoms with Gasteiger partial charge in [0.25, 0.3) is 0 Å². The molecule has 0 aliphatic rings. The fourth-order valence-electron chi connectivity index (χ4n) is 2.92. The predicted octanol–water partition coefficient (Wildman–Crippen LogP) is 4.22. The van der Waals surface area contributed by atoms with Gasteiger partial charge in [-0.3, -0.25) is 4.79 Å². The highest BCUT2D eigenvalue weighted by Crippen LogP contribution is 2.25. The summed E-state index contributed by atoms with van der Waals surface area (Å²) >= 11 is 1.49. The first kappa shape index (κ1) is 24.4. The topological polar surface area (TPSA) is 75.3 Å². The third-order valence-corrected chi connectivity index (χ3v) is 6.98. The Hall–Kier alpha value is -1.83. The molecule has 1 amide bonds. The summed E-state index contributed by atoms with van der Waals surface area (Å²) in [7, 11) is -3.42. The smallest absolute Gasteiger partial charge is 0.230 e. The monoisotopic (exact) mass is 448 g/mol. The van der Waals surface area contributed by atoms with E-state index in [0.29, 0.717) is 17.9 Å². The Morgan fingerprint density at radius 3 is 2.17 bits per heavy atom. The van der Waals surface area contributed by atoms with Gasteiger partial charge in [0.1, 0.15) is 0 Å². The molecule has 2 aromatic carbocycles. The van der Waals surface area contributed by atoms with E-state index in [1.165, 1.54) is 17.3 Å². The van der Waals surface area contributed by atoms with Crippen molar-refractivity contribution in [3.63, 3.8) is 0 Å². The molecular formula is C23H32N2O3S2. The quantitative estimate of drug-likeness (QED) is 0.563. The second-order valence-electron chi connectivity index (χ2n) is 8.64. The summed E-state index contributed by atoms with van der Waals surface area (Å²) in [5, 5.41) is 2.90. The second-order valence-corrected chi connectivity index (χ2v) is 11.4. The summed E-state index contributed by atoms with van der Waals surface area (Å²) in [6.45, 7) is 10.4. The Kier molecular flexibility index (Phi) is 8.52. The van der Waals surface area contributed by atoms with E-state index >= 15 is 0 Å². The van der Waals surface area contributed by atoms with Crippen LogP contribution in [-0.4, -0.2) is 26.1 Å². The minimum absolute atomic E-state index is 0.0853. The first-order valence-electron chi connectivity index (χ1n) is 10.0. The van der Waals surface area contributed by atoms with Crippen LogP contribution in [0.25, 0.3) is 0 Å². The van der Waals surface area contributed by atoms with Gasteiger partial charge in [-0.05, 0) is 48.1 Å². The van der Waals surface area contributed by atoms with E-state index in [1.807, 2.05) is 30.3 Å². The Morgan fingerprint density at radius 2 is 1.60 bits per heavy atom. The zero-order chi connectivity index (χ0) is 22.4. The second kappa shape index (κ2) is 10.5. The van der Waals surface area contributed by atoms with Crippen LogP contribution in [0.3, 0.4) is 0 Å². The highest BCUT2D eigenvalue weighted by Gasteiger charge is 2.16. The molecule has 7 heteroatoms. The summed E-state index contributed by atoms with van der Waals surface area (Å²) in [4.78, 5) is 13.3. The van der Waals surface area contributed by atoms with Gasteiger partial charge >= 0.3 is 0 Å². The van der Waals surface area contributed by atoms with Gasteiger partial charge in [-0.25, -0.2) is 13.1 Å². The van der Waals surface area contributed by atoms with Gasteiger partial charge in [-0.1, -0.05) is 57.2 Å². The standard InChI is InChI=1S/C23H32N2O3S2/c1-17(2)25-30(27,28)16-19-9-7-6-8-18(19)14-24-22(26)15-29-21-12-10-20(11-13-21)23(3,4)5/h6-13,17,25H,14-16H2,1-5H3,(H,24,26). The Balaban J connectivity index is 1.91. The number of hydrogen-bond donors (Lipinski definition) is 2. The molecule has 0 aliphatic carbocycles. The van der Waals surface area contributed by atoms with Gasteiger partial charge in [-0.2, -0.15) is 0 Å². The Bertz CT molecular complexity index is 947. The van der Waals surface area contributed by atoms with Crippen molar-refractivity contribution >= 4 is 27.7 Å². The Labute approximate surface area is 185 Å². The van der Waals surface area contributed by atoms with Crippen molar-refractivity contribution in [1.82, 2.24) is 10.0 Å². The first-order chi connectivity index (χ1) is 14.0. The van der Waals surface area contributed by atoms with Crippen LogP contribution in [0.5, 0.6) is 0 Å². The van der Waals surface area contributed by atoms with Crippen LogP contribution in [0.15, 0.2) is 53.4 Å². The lowest BCUT2D eigenvalue weighted by atomic mass is 9.87. The molecule has 5 nitrogen and oxygen atoms in total. The maximum atomic E-state index is 12.3. The predicted molar refractivity (Wildman–Crippen MR) is 125 cm³/mol. The molecular weight excluding hydrogens is 416 g/mol. The largest absolute Gasteiger partial charge is 0.351 e. The van der Waals surface area contributed by atoms with Crippen LogP contribution in [0, 0.1) is 0 Å². The molecule has 0 aliphatic heterocycles. The van der Waals surface area contributed by atoms with Gasteiger partial charge in [0, 0.05) is 17.5 Å². The third kappa shape index (κ3) is 8.13. The van der Waals surface area contributed by atoms with E-state index in [9.17, 15) is 13.2 Å². The number of hydrogen-bond acceptors (Lipinski definition) is 4. The minimum Gasteiger partial charge on any atom is -0.351 e. The maximum absolute atomic E-state index is 12.3. The van der Waals surface area contributed by atoms with Crippen LogP contribution in [0.2, 0.25) is 0 Å². The molecule has 0 spiro atoms. The average Bonchev–Trinajstić information content (AvgIpc) is 2.64. The summed E-state index contributed by atoms with van der Waals surface area (Å²) in [6, 6.07) is 15.4. The number of thioether (sulfide) groups is 1. The van der Waals surface area contributed by atoms with Crippen molar-refractivity contribution in [3.8, 4) is 0 Å². The number of sulfonamides is 1. The molecule has 2 N–H and O–H groups in total. The van der Waals surface area contributed by atoms with Gasteiger partial charge < -0.3 is 5.32 Å². The normalized spacial score (nSPS) is 12.2. The fourth-order valence-corrected chi connectivity index (χ4v) is 5.14. The van der Waals surface area contributed by atoms with Crippen molar-refractivity contribution in [1.29, 1.82) is 0 Å². The van der Waals surface area contributed by atoms with Crippen LogP contribution < -0.4 is 10.0 Å². The van der Waals surface area contributed by atoms with Gasteiger partial charge in [-0.15, -0.1) is 11.8 Å². The van der Waals surface area contributed by atoms with Crippen LogP contribution in [0.1, 0.15) is 51.3 Å². The summed E-state index contributed by atoms with van der Waals surface area (Å²) in [5.74, 6) is 0.119. The van der Waals surface area contributed by atoms with E-state index in [2.05, 4.69) is 42.9 Å².